The Balaban J connectivity index is 1.44. The molecule has 6 heteroatoms. The molecule has 0 unspecified atom stereocenters. The van der Waals surface area contributed by atoms with Gasteiger partial charge in [0.2, 0.25) is 5.91 Å². The highest BCUT2D eigenvalue weighted by molar-refractivity contribution is 7.99. The van der Waals surface area contributed by atoms with Crippen molar-refractivity contribution in [2.45, 2.75) is 19.4 Å². The zero-order chi connectivity index (χ0) is 14.5. The van der Waals surface area contributed by atoms with E-state index >= 15 is 0 Å². The maximum Gasteiger partial charge on any atom is 0.230 e. The van der Waals surface area contributed by atoms with Crippen LogP contribution in [0.5, 0.6) is 0 Å². The Morgan fingerprint density at radius 1 is 1.48 bits per heavy atom. The maximum absolute atomic E-state index is 11.7. The fourth-order valence-corrected chi connectivity index (χ4v) is 2.96. The molecule has 0 saturated heterocycles. The second kappa shape index (κ2) is 6.76. The first-order chi connectivity index (χ1) is 10.3. The van der Waals surface area contributed by atoms with Gasteiger partial charge in [0.1, 0.15) is 5.69 Å². The van der Waals surface area contributed by atoms with Crippen molar-refractivity contribution in [3.05, 3.63) is 36.4 Å². The lowest BCUT2D eigenvalue weighted by molar-refractivity contribution is -0.118. The molecule has 2 heterocycles. The van der Waals surface area contributed by atoms with E-state index in [1.54, 1.807) is 24.2 Å². The van der Waals surface area contributed by atoms with E-state index in [-0.39, 0.29) is 5.91 Å². The van der Waals surface area contributed by atoms with E-state index in [0.29, 0.717) is 18.1 Å². The topological polar surface area (TPSA) is 68.0 Å². The van der Waals surface area contributed by atoms with Crippen LogP contribution in [0.15, 0.2) is 35.1 Å². The van der Waals surface area contributed by atoms with Crippen LogP contribution in [0, 0.1) is 5.92 Å². The lowest BCUT2D eigenvalue weighted by Crippen LogP contribution is -2.24. The van der Waals surface area contributed by atoms with Gasteiger partial charge in [-0.3, -0.25) is 9.78 Å². The summed E-state index contributed by atoms with van der Waals surface area (Å²) in [6, 6.07) is 5.60. The molecule has 5 nitrogen and oxygen atoms in total. The summed E-state index contributed by atoms with van der Waals surface area (Å²) in [5, 5.41) is 6.84. The van der Waals surface area contributed by atoms with E-state index in [0.717, 1.165) is 22.9 Å². The zero-order valence-corrected chi connectivity index (χ0v) is 12.4. The first-order valence-corrected chi connectivity index (χ1v) is 8.17. The number of amides is 1. The number of hydrogen-bond donors (Lipinski definition) is 1. The van der Waals surface area contributed by atoms with Gasteiger partial charge in [-0.15, -0.1) is 0 Å². The minimum atomic E-state index is 0.0416. The average molecular weight is 303 g/mol. The molecule has 0 radical (unpaired) electrons. The second-order valence-electron chi connectivity index (χ2n) is 5.16. The molecule has 0 atom stereocenters. The largest absolute Gasteiger partial charge is 0.359 e. The van der Waals surface area contributed by atoms with Crippen molar-refractivity contribution in [1.82, 2.24) is 15.5 Å². The van der Waals surface area contributed by atoms with Crippen LogP contribution in [0.1, 0.15) is 18.6 Å². The summed E-state index contributed by atoms with van der Waals surface area (Å²) in [6.45, 7) is 0.371. The first-order valence-electron chi connectivity index (χ1n) is 7.01. The monoisotopic (exact) mass is 303 g/mol. The minimum absolute atomic E-state index is 0.0416. The van der Waals surface area contributed by atoms with Gasteiger partial charge in [-0.2, -0.15) is 11.8 Å². The molecular weight excluding hydrogens is 286 g/mol. The Labute approximate surface area is 127 Å². The molecule has 0 aliphatic heterocycles. The molecule has 0 aromatic carbocycles. The maximum atomic E-state index is 11.7. The van der Waals surface area contributed by atoms with Crippen LogP contribution in [-0.4, -0.2) is 27.6 Å². The van der Waals surface area contributed by atoms with E-state index < -0.39 is 0 Å². The standard InChI is InChI=1S/C15H17N3O2S/c19-15(10-21-9-11-3-4-11)17-8-13-6-14(18-20-13)12-2-1-5-16-7-12/h1-2,5-7,11H,3-4,8-10H2,(H,17,19). The molecule has 2 aromatic heterocycles. The van der Waals surface area contributed by atoms with Crippen LogP contribution in [0.4, 0.5) is 0 Å². The quantitative estimate of drug-likeness (QED) is 0.851. The predicted octanol–water partition coefficient (Wildman–Crippen LogP) is 2.50. The Morgan fingerprint density at radius 3 is 3.14 bits per heavy atom. The lowest BCUT2D eigenvalue weighted by Gasteiger charge is -2.02. The van der Waals surface area contributed by atoms with E-state index in [4.69, 9.17) is 4.52 Å². The fraction of sp³-hybridized carbons (Fsp3) is 0.400. The molecule has 1 aliphatic carbocycles. The summed E-state index contributed by atoms with van der Waals surface area (Å²) in [4.78, 5) is 15.7. The normalized spacial score (nSPS) is 14.1. The van der Waals surface area contributed by atoms with Crippen molar-refractivity contribution in [2.75, 3.05) is 11.5 Å². The molecule has 1 aliphatic rings. The first kappa shape index (κ1) is 14.1. The number of aromatic nitrogens is 2. The summed E-state index contributed by atoms with van der Waals surface area (Å²) in [7, 11) is 0. The molecule has 0 spiro atoms. The highest BCUT2D eigenvalue weighted by Crippen LogP contribution is 2.32. The third kappa shape index (κ3) is 4.32. The van der Waals surface area contributed by atoms with Crippen LogP contribution in [-0.2, 0) is 11.3 Å². The van der Waals surface area contributed by atoms with Crippen molar-refractivity contribution in [2.24, 2.45) is 5.92 Å². The van der Waals surface area contributed by atoms with E-state index in [9.17, 15) is 4.79 Å². The van der Waals surface area contributed by atoms with Crippen molar-refractivity contribution in [1.29, 1.82) is 0 Å². The van der Waals surface area contributed by atoms with Crippen LogP contribution in [0.25, 0.3) is 11.3 Å². The van der Waals surface area contributed by atoms with Gasteiger partial charge in [0.25, 0.3) is 0 Å². The number of nitrogens with zero attached hydrogens (tertiary/aromatic N) is 2. The number of carbonyl (C=O) groups excluding carboxylic acids is 1. The summed E-state index contributed by atoms with van der Waals surface area (Å²) >= 11 is 1.70. The van der Waals surface area contributed by atoms with Gasteiger partial charge in [0.05, 0.1) is 12.3 Å². The molecule has 0 bridgehead atoms. The van der Waals surface area contributed by atoms with Gasteiger partial charge in [-0.1, -0.05) is 5.16 Å². The molecule has 3 rings (SSSR count). The number of nitrogens with one attached hydrogen (secondary N) is 1. The number of carbonyl (C=O) groups is 1. The molecule has 1 amide bonds. The Kier molecular flexibility index (Phi) is 4.55. The SMILES string of the molecule is O=C(CSCC1CC1)NCc1cc(-c2cccnc2)no1. The number of rotatable bonds is 7. The highest BCUT2D eigenvalue weighted by atomic mass is 32.2. The van der Waals surface area contributed by atoms with Gasteiger partial charge in [0, 0.05) is 24.0 Å². The third-order valence-corrected chi connectivity index (χ3v) is 4.43. The van der Waals surface area contributed by atoms with E-state index in [1.807, 2.05) is 18.2 Å². The number of thioether (sulfide) groups is 1. The smallest absolute Gasteiger partial charge is 0.230 e. The molecule has 1 fully saturated rings. The lowest BCUT2D eigenvalue weighted by atomic mass is 10.2. The molecular formula is C15H17N3O2S. The van der Waals surface area contributed by atoms with Crippen LogP contribution >= 0.6 is 11.8 Å². The molecule has 2 aromatic rings. The molecule has 1 saturated carbocycles. The highest BCUT2D eigenvalue weighted by Gasteiger charge is 2.21. The molecule has 21 heavy (non-hydrogen) atoms. The number of hydrogen-bond acceptors (Lipinski definition) is 5. The van der Waals surface area contributed by atoms with Crippen LogP contribution < -0.4 is 5.32 Å². The Morgan fingerprint density at radius 2 is 2.38 bits per heavy atom. The zero-order valence-electron chi connectivity index (χ0n) is 11.6. The third-order valence-electron chi connectivity index (χ3n) is 3.26. The number of pyridine rings is 1. The van der Waals surface area contributed by atoms with Crippen LogP contribution in [0.3, 0.4) is 0 Å². The second-order valence-corrected chi connectivity index (χ2v) is 6.19. The Bertz CT molecular complexity index is 596. The summed E-state index contributed by atoms with van der Waals surface area (Å²) in [5.41, 5.74) is 1.63. The van der Waals surface area contributed by atoms with Crippen LogP contribution in [0.2, 0.25) is 0 Å². The average Bonchev–Trinajstić information content (AvgIpc) is 3.21. The van der Waals surface area contributed by atoms with Gasteiger partial charge >= 0.3 is 0 Å². The van der Waals surface area contributed by atoms with Gasteiger partial charge in [-0.25, -0.2) is 0 Å². The minimum Gasteiger partial charge on any atom is -0.359 e. The van der Waals surface area contributed by atoms with Gasteiger partial charge in [0.15, 0.2) is 5.76 Å². The summed E-state index contributed by atoms with van der Waals surface area (Å²) < 4.78 is 5.22. The fourth-order valence-electron chi connectivity index (χ4n) is 1.89. The van der Waals surface area contributed by atoms with E-state index in [2.05, 4.69) is 15.5 Å². The summed E-state index contributed by atoms with van der Waals surface area (Å²) in [5.74, 6) is 3.15. The van der Waals surface area contributed by atoms with Gasteiger partial charge in [-0.05, 0) is 36.6 Å². The summed E-state index contributed by atoms with van der Waals surface area (Å²) in [6.07, 6.45) is 6.09. The van der Waals surface area contributed by atoms with E-state index in [1.165, 1.54) is 12.8 Å². The van der Waals surface area contributed by atoms with Crippen molar-refractivity contribution < 1.29 is 9.32 Å². The van der Waals surface area contributed by atoms with Gasteiger partial charge < -0.3 is 9.84 Å². The van der Waals surface area contributed by atoms with Crippen molar-refractivity contribution >= 4 is 17.7 Å². The molecule has 1 N–H and O–H groups in total. The van der Waals surface area contributed by atoms with Crippen molar-refractivity contribution in [3.63, 3.8) is 0 Å². The molecule has 110 valence electrons. The van der Waals surface area contributed by atoms with Crippen molar-refractivity contribution in [3.8, 4) is 11.3 Å². The predicted molar refractivity (Wildman–Crippen MR) is 81.6 cm³/mol. The Hall–Kier alpha value is -1.82.